The van der Waals surface area contributed by atoms with Crippen LogP contribution in [0.25, 0.3) is 0 Å². The summed E-state index contributed by atoms with van der Waals surface area (Å²) in [7, 11) is 1.63. The van der Waals surface area contributed by atoms with E-state index in [9.17, 15) is 8.78 Å². The number of ether oxygens (including phenoxy) is 1. The third-order valence-corrected chi connectivity index (χ3v) is 2.94. The second-order valence-electron chi connectivity index (χ2n) is 4.35. The van der Waals surface area contributed by atoms with Crippen molar-refractivity contribution in [3.05, 3.63) is 53.6 Å². The smallest absolute Gasteiger partial charge is 0.163 e. The molecule has 4 nitrogen and oxygen atoms in total. The van der Waals surface area contributed by atoms with E-state index < -0.39 is 11.6 Å². The molecule has 2 aromatic rings. The number of imidazole rings is 1. The Bertz CT molecular complexity index is 557. The molecule has 0 unspecified atom stereocenters. The number of hydrogen-bond acceptors (Lipinski definition) is 3. The van der Waals surface area contributed by atoms with E-state index in [1.165, 1.54) is 6.07 Å². The number of halogens is 2. The van der Waals surface area contributed by atoms with Gasteiger partial charge < -0.3 is 14.6 Å². The van der Waals surface area contributed by atoms with Crippen molar-refractivity contribution in [3.63, 3.8) is 0 Å². The maximum Gasteiger partial charge on any atom is 0.163 e. The third kappa shape index (κ3) is 3.61. The Morgan fingerprint density at radius 1 is 1.35 bits per heavy atom. The van der Waals surface area contributed by atoms with Crippen molar-refractivity contribution in [2.45, 2.75) is 13.1 Å². The Morgan fingerprint density at radius 2 is 2.20 bits per heavy atom. The van der Waals surface area contributed by atoms with Gasteiger partial charge in [-0.2, -0.15) is 0 Å². The summed E-state index contributed by atoms with van der Waals surface area (Å²) < 4.78 is 33.5. The van der Waals surface area contributed by atoms with Crippen LogP contribution in [0.5, 0.6) is 0 Å². The standard InChI is InChI=1S/C14H17F2N3O/c1-20-8-6-17-9-13-18-5-7-19(13)10-11-3-2-4-12(15)14(11)16/h2-5,7,17H,6,8-10H2,1H3. The molecule has 1 aromatic carbocycles. The van der Waals surface area contributed by atoms with E-state index in [0.717, 1.165) is 11.9 Å². The normalized spacial score (nSPS) is 10.9. The molecule has 20 heavy (non-hydrogen) atoms. The highest BCUT2D eigenvalue weighted by Crippen LogP contribution is 2.13. The minimum atomic E-state index is -0.831. The van der Waals surface area contributed by atoms with Crippen LogP contribution in [0, 0.1) is 11.6 Å². The molecule has 0 aliphatic rings. The molecule has 1 aromatic heterocycles. The van der Waals surface area contributed by atoms with Gasteiger partial charge in [0.1, 0.15) is 5.82 Å². The molecule has 108 valence electrons. The van der Waals surface area contributed by atoms with Crippen LogP contribution < -0.4 is 5.32 Å². The number of nitrogens with zero attached hydrogens (tertiary/aromatic N) is 2. The molecule has 6 heteroatoms. The fourth-order valence-corrected chi connectivity index (χ4v) is 1.88. The Kier molecular flexibility index (Phi) is 5.20. The summed E-state index contributed by atoms with van der Waals surface area (Å²) in [5.74, 6) is -0.869. The first-order chi connectivity index (χ1) is 9.72. The monoisotopic (exact) mass is 281 g/mol. The molecule has 0 spiro atoms. The van der Waals surface area contributed by atoms with Crippen molar-refractivity contribution in [1.29, 1.82) is 0 Å². The van der Waals surface area contributed by atoms with E-state index in [2.05, 4.69) is 10.3 Å². The summed E-state index contributed by atoms with van der Waals surface area (Å²) in [6, 6.07) is 4.18. The molecule has 0 aliphatic carbocycles. The lowest BCUT2D eigenvalue weighted by molar-refractivity contribution is 0.199. The van der Waals surface area contributed by atoms with Gasteiger partial charge in [0.15, 0.2) is 11.6 Å². The van der Waals surface area contributed by atoms with E-state index in [0.29, 0.717) is 25.3 Å². The van der Waals surface area contributed by atoms with Crippen molar-refractivity contribution >= 4 is 0 Å². The van der Waals surface area contributed by atoms with Crippen LogP contribution in [0.1, 0.15) is 11.4 Å². The van der Waals surface area contributed by atoms with Crippen molar-refractivity contribution in [1.82, 2.24) is 14.9 Å². The van der Waals surface area contributed by atoms with Crippen molar-refractivity contribution in [2.24, 2.45) is 0 Å². The molecule has 0 amide bonds. The van der Waals surface area contributed by atoms with Gasteiger partial charge in [-0.3, -0.25) is 0 Å². The van der Waals surface area contributed by atoms with E-state index in [-0.39, 0.29) is 6.54 Å². The lowest BCUT2D eigenvalue weighted by Crippen LogP contribution is -2.21. The van der Waals surface area contributed by atoms with Gasteiger partial charge in [-0.1, -0.05) is 12.1 Å². The zero-order chi connectivity index (χ0) is 14.4. The van der Waals surface area contributed by atoms with Crippen LogP contribution in [0.4, 0.5) is 8.78 Å². The molecule has 0 radical (unpaired) electrons. The molecule has 0 saturated heterocycles. The van der Waals surface area contributed by atoms with Crippen molar-refractivity contribution in [2.75, 3.05) is 20.3 Å². The van der Waals surface area contributed by atoms with Gasteiger partial charge in [0.05, 0.1) is 19.7 Å². The number of nitrogens with one attached hydrogen (secondary N) is 1. The van der Waals surface area contributed by atoms with E-state index >= 15 is 0 Å². The molecular weight excluding hydrogens is 264 g/mol. The van der Waals surface area contributed by atoms with Crippen LogP contribution in [0.2, 0.25) is 0 Å². The maximum absolute atomic E-state index is 13.6. The minimum absolute atomic E-state index is 0.255. The predicted octanol–water partition coefficient (Wildman–Crippen LogP) is 1.95. The van der Waals surface area contributed by atoms with Crippen molar-refractivity contribution in [3.8, 4) is 0 Å². The third-order valence-electron chi connectivity index (χ3n) is 2.94. The largest absolute Gasteiger partial charge is 0.383 e. The highest BCUT2D eigenvalue weighted by Gasteiger charge is 2.10. The fraction of sp³-hybridized carbons (Fsp3) is 0.357. The molecule has 0 aliphatic heterocycles. The minimum Gasteiger partial charge on any atom is -0.383 e. The fourth-order valence-electron chi connectivity index (χ4n) is 1.88. The van der Waals surface area contributed by atoms with Crippen LogP contribution in [0.15, 0.2) is 30.6 Å². The first-order valence-electron chi connectivity index (χ1n) is 6.35. The van der Waals surface area contributed by atoms with Gasteiger partial charge in [0, 0.05) is 31.6 Å². The summed E-state index contributed by atoms with van der Waals surface area (Å²) in [6.07, 6.45) is 3.39. The highest BCUT2D eigenvalue weighted by molar-refractivity contribution is 5.19. The van der Waals surface area contributed by atoms with Gasteiger partial charge in [0.25, 0.3) is 0 Å². The average molecular weight is 281 g/mol. The first-order valence-corrected chi connectivity index (χ1v) is 6.35. The summed E-state index contributed by atoms with van der Waals surface area (Å²) >= 11 is 0. The van der Waals surface area contributed by atoms with Crippen LogP contribution in [-0.2, 0) is 17.8 Å². The summed E-state index contributed by atoms with van der Waals surface area (Å²) in [6.45, 7) is 2.12. The van der Waals surface area contributed by atoms with Crippen molar-refractivity contribution < 1.29 is 13.5 Å². The summed E-state index contributed by atoms with van der Waals surface area (Å²) in [4.78, 5) is 4.21. The second-order valence-corrected chi connectivity index (χ2v) is 4.35. The summed E-state index contributed by atoms with van der Waals surface area (Å²) in [5, 5.41) is 3.16. The Balaban J connectivity index is 2.03. The van der Waals surface area contributed by atoms with Crippen LogP contribution in [-0.4, -0.2) is 29.8 Å². The molecule has 1 heterocycles. The zero-order valence-electron chi connectivity index (χ0n) is 11.3. The quantitative estimate of drug-likeness (QED) is 0.788. The zero-order valence-corrected chi connectivity index (χ0v) is 11.3. The molecule has 2 rings (SSSR count). The summed E-state index contributed by atoms with van der Waals surface area (Å²) in [5.41, 5.74) is 0.307. The van der Waals surface area contributed by atoms with E-state index in [1.807, 2.05) is 0 Å². The lowest BCUT2D eigenvalue weighted by Gasteiger charge is -2.10. The first kappa shape index (κ1) is 14.6. The van der Waals surface area contributed by atoms with Crippen LogP contribution >= 0.6 is 0 Å². The topological polar surface area (TPSA) is 39.1 Å². The number of aromatic nitrogens is 2. The molecular formula is C14H17F2N3O. The van der Waals surface area contributed by atoms with Crippen LogP contribution in [0.3, 0.4) is 0 Å². The lowest BCUT2D eigenvalue weighted by atomic mass is 10.2. The molecule has 0 bridgehead atoms. The van der Waals surface area contributed by atoms with Gasteiger partial charge in [0.2, 0.25) is 0 Å². The Morgan fingerprint density at radius 3 is 3.00 bits per heavy atom. The Hall–Kier alpha value is -1.79. The Labute approximate surface area is 116 Å². The number of rotatable bonds is 7. The molecule has 0 saturated carbocycles. The molecule has 1 N–H and O–H groups in total. The number of methoxy groups -OCH3 is 1. The second kappa shape index (κ2) is 7.12. The predicted molar refractivity (Wildman–Crippen MR) is 71.3 cm³/mol. The van der Waals surface area contributed by atoms with Gasteiger partial charge in [-0.15, -0.1) is 0 Å². The number of hydrogen-bond donors (Lipinski definition) is 1. The SMILES string of the molecule is COCCNCc1nccn1Cc1cccc(F)c1F. The maximum atomic E-state index is 13.6. The molecule has 0 atom stereocenters. The highest BCUT2D eigenvalue weighted by atomic mass is 19.2. The van der Waals surface area contributed by atoms with E-state index in [4.69, 9.17) is 4.74 Å². The van der Waals surface area contributed by atoms with Gasteiger partial charge >= 0.3 is 0 Å². The number of benzene rings is 1. The molecule has 0 fully saturated rings. The van der Waals surface area contributed by atoms with Gasteiger partial charge in [-0.05, 0) is 6.07 Å². The average Bonchev–Trinajstić information content (AvgIpc) is 2.87. The van der Waals surface area contributed by atoms with E-state index in [1.54, 1.807) is 30.1 Å². The van der Waals surface area contributed by atoms with Gasteiger partial charge in [-0.25, -0.2) is 13.8 Å².